The van der Waals surface area contributed by atoms with Crippen LogP contribution < -0.4 is 9.46 Å². The fourth-order valence-corrected chi connectivity index (χ4v) is 3.99. The lowest BCUT2D eigenvalue weighted by atomic mass is 10.3. The van der Waals surface area contributed by atoms with Crippen LogP contribution in [0.25, 0.3) is 0 Å². The molecule has 1 aliphatic carbocycles. The molecule has 0 aromatic heterocycles. The molecule has 1 aromatic carbocycles. The van der Waals surface area contributed by atoms with Crippen LogP contribution in [0.3, 0.4) is 0 Å². The first-order valence-corrected chi connectivity index (χ1v) is 8.53. The maximum Gasteiger partial charge on any atom is 0.573 e. The molecule has 0 heterocycles. The number of sulfonamides is 1. The first kappa shape index (κ1) is 16.6. The summed E-state index contributed by atoms with van der Waals surface area (Å²) in [5.74, 6) is -0.748. The van der Waals surface area contributed by atoms with Crippen LogP contribution in [0.15, 0.2) is 27.6 Å². The van der Waals surface area contributed by atoms with Crippen molar-refractivity contribution in [1.82, 2.24) is 4.72 Å². The van der Waals surface area contributed by atoms with Gasteiger partial charge in [0.25, 0.3) is 0 Å². The molecule has 21 heavy (non-hydrogen) atoms. The van der Waals surface area contributed by atoms with Crippen LogP contribution in [-0.2, 0) is 10.0 Å². The zero-order chi connectivity index (χ0) is 15.7. The highest BCUT2D eigenvalue weighted by Crippen LogP contribution is 2.33. The van der Waals surface area contributed by atoms with E-state index in [-0.39, 0.29) is 6.04 Å². The Labute approximate surface area is 128 Å². The van der Waals surface area contributed by atoms with Crippen LogP contribution in [0.1, 0.15) is 25.7 Å². The van der Waals surface area contributed by atoms with Gasteiger partial charge in [-0.3, -0.25) is 0 Å². The maximum atomic E-state index is 12.4. The van der Waals surface area contributed by atoms with Crippen LogP contribution >= 0.6 is 15.9 Å². The summed E-state index contributed by atoms with van der Waals surface area (Å²) in [6.45, 7) is 0. The normalized spacial score (nSPS) is 17.1. The number of hydrogen-bond donors (Lipinski definition) is 1. The SMILES string of the molecule is O=S(=O)(NC1CCCC1)c1ccc(Br)cc1OC(F)(F)F. The molecule has 0 aliphatic heterocycles. The third-order valence-corrected chi connectivity index (χ3v) is 5.15. The van der Waals surface area contributed by atoms with Crippen molar-refractivity contribution in [3.05, 3.63) is 22.7 Å². The first-order chi connectivity index (χ1) is 9.67. The number of benzene rings is 1. The van der Waals surface area contributed by atoms with Crippen molar-refractivity contribution in [2.24, 2.45) is 0 Å². The highest BCUT2D eigenvalue weighted by atomic mass is 79.9. The summed E-state index contributed by atoms with van der Waals surface area (Å²) in [6, 6.07) is 3.18. The van der Waals surface area contributed by atoms with E-state index in [1.807, 2.05) is 0 Å². The lowest BCUT2D eigenvalue weighted by Gasteiger charge is -2.16. The summed E-state index contributed by atoms with van der Waals surface area (Å²) >= 11 is 3.00. The first-order valence-electron chi connectivity index (χ1n) is 6.25. The summed E-state index contributed by atoms with van der Waals surface area (Å²) in [5, 5.41) is 0. The molecule has 2 rings (SSSR count). The Morgan fingerprint density at radius 2 is 1.86 bits per heavy atom. The molecule has 1 N–H and O–H groups in total. The predicted octanol–water partition coefficient (Wildman–Crippen LogP) is 3.57. The van der Waals surface area contributed by atoms with Gasteiger partial charge >= 0.3 is 6.36 Å². The van der Waals surface area contributed by atoms with Crippen molar-refractivity contribution < 1.29 is 26.3 Å². The lowest BCUT2D eigenvalue weighted by molar-refractivity contribution is -0.275. The number of nitrogens with one attached hydrogen (secondary N) is 1. The van der Waals surface area contributed by atoms with Crippen molar-refractivity contribution in [2.75, 3.05) is 0 Å². The van der Waals surface area contributed by atoms with Gasteiger partial charge in [-0.2, -0.15) is 0 Å². The average Bonchev–Trinajstić information content (AvgIpc) is 2.78. The van der Waals surface area contributed by atoms with Gasteiger partial charge in [-0.05, 0) is 31.0 Å². The Morgan fingerprint density at radius 3 is 2.43 bits per heavy atom. The molecule has 0 amide bonds. The monoisotopic (exact) mass is 387 g/mol. The van der Waals surface area contributed by atoms with Gasteiger partial charge in [0.05, 0.1) is 0 Å². The van der Waals surface area contributed by atoms with E-state index in [4.69, 9.17) is 0 Å². The summed E-state index contributed by atoms with van der Waals surface area (Å²) in [6.07, 6.45) is -1.78. The van der Waals surface area contributed by atoms with Gasteiger partial charge in [0.2, 0.25) is 10.0 Å². The standard InChI is InChI=1S/C12H13BrF3NO3S/c13-8-5-6-11(10(7-8)20-12(14,15)16)21(18,19)17-9-3-1-2-4-9/h5-7,9,17H,1-4H2. The summed E-state index contributed by atoms with van der Waals surface area (Å²) in [4.78, 5) is -0.519. The Hall–Kier alpha value is -0.800. The largest absolute Gasteiger partial charge is 0.573 e. The fourth-order valence-electron chi connectivity index (χ4n) is 2.23. The van der Waals surface area contributed by atoms with E-state index in [1.165, 1.54) is 6.07 Å². The summed E-state index contributed by atoms with van der Waals surface area (Å²) < 4.78 is 68.2. The third-order valence-electron chi connectivity index (χ3n) is 3.10. The molecule has 4 nitrogen and oxygen atoms in total. The predicted molar refractivity (Wildman–Crippen MR) is 73.4 cm³/mol. The molecule has 0 saturated heterocycles. The fraction of sp³-hybridized carbons (Fsp3) is 0.500. The van der Waals surface area contributed by atoms with Gasteiger partial charge in [0, 0.05) is 10.5 Å². The zero-order valence-electron chi connectivity index (χ0n) is 10.8. The van der Waals surface area contributed by atoms with Crippen molar-refractivity contribution in [2.45, 2.75) is 43.0 Å². The number of rotatable bonds is 4. The molecule has 1 aliphatic rings. The van der Waals surface area contributed by atoms with Crippen molar-refractivity contribution in [1.29, 1.82) is 0 Å². The Kier molecular flexibility index (Phi) is 4.84. The second-order valence-electron chi connectivity index (χ2n) is 4.74. The van der Waals surface area contributed by atoms with Gasteiger partial charge in [0.1, 0.15) is 4.90 Å². The Balaban J connectivity index is 2.32. The van der Waals surface area contributed by atoms with E-state index in [9.17, 15) is 21.6 Å². The van der Waals surface area contributed by atoms with Gasteiger partial charge in [0.15, 0.2) is 5.75 Å². The maximum absolute atomic E-state index is 12.4. The number of hydrogen-bond acceptors (Lipinski definition) is 3. The van der Waals surface area contributed by atoms with Crippen LogP contribution in [0.2, 0.25) is 0 Å². The Bertz CT molecular complexity index is 613. The second kappa shape index (κ2) is 6.13. The van der Waals surface area contributed by atoms with Crippen LogP contribution in [-0.4, -0.2) is 20.8 Å². The zero-order valence-corrected chi connectivity index (χ0v) is 13.2. The minimum atomic E-state index is -4.96. The number of halogens is 4. The van der Waals surface area contributed by atoms with E-state index < -0.39 is 27.0 Å². The second-order valence-corrected chi connectivity index (χ2v) is 7.34. The highest BCUT2D eigenvalue weighted by Gasteiger charge is 2.35. The molecule has 1 fully saturated rings. The molecule has 1 saturated carbocycles. The van der Waals surface area contributed by atoms with Gasteiger partial charge in [-0.1, -0.05) is 28.8 Å². The van der Waals surface area contributed by atoms with Gasteiger partial charge in [-0.15, -0.1) is 13.2 Å². The summed E-state index contributed by atoms with van der Waals surface area (Å²) in [5.41, 5.74) is 0. The molecule has 0 radical (unpaired) electrons. The topological polar surface area (TPSA) is 55.4 Å². The molecule has 9 heteroatoms. The molecule has 0 atom stereocenters. The number of ether oxygens (including phenoxy) is 1. The molecular weight excluding hydrogens is 375 g/mol. The van der Waals surface area contributed by atoms with Crippen LogP contribution in [0.4, 0.5) is 13.2 Å². The van der Waals surface area contributed by atoms with Gasteiger partial charge < -0.3 is 4.74 Å². The smallest absolute Gasteiger partial charge is 0.404 e. The van der Waals surface area contributed by atoms with E-state index >= 15 is 0 Å². The van der Waals surface area contributed by atoms with E-state index in [2.05, 4.69) is 25.4 Å². The van der Waals surface area contributed by atoms with E-state index in [1.54, 1.807) is 0 Å². The van der Waals surface area contributed by atoms with Crippen molar-refractivity contribution in [3.63, 3.8) is 0 Å². The average molecular weight is 388 g/mol. The molecule has 0 bridgehead atoms. The van der Waals surface area contributed by atoms with Gasteiger partial charge in [-0.25, -0.2) is 13.1 Å². The quantitative estimate of drug-likeness (QED) is 0.858. The lowest BCUT2D eigenvalue weighted by Crippen LogP contribution is -2.33. The third kappa shape index (κ3) is 4.58. The molecule has 1 aromatic rings. The minimum Gasteiger partial charge on any atom is -0.404 e. The molecular formula is C12H13BrF3NO3S. The molecule has 118 valence electrons. The van der Waals surface area contributed by atoms with E-state index in [0.717, 1.165) is 25.0 Å². The van der Waals surface area contributed by atoms with Crippen LogP contribution in [0.5, 0.6) is 5.75 Å². The number of alkyl halides is 3. The molecule has 0 unspecified atom stereocenters. The summed E-state index contributed by atoms with van der Waals surface area (Å²) in [7, 11) is -4.06. The molecule has 0 spiro atoms. The highest BCUT2D eigenvalue weighted by molar-refractivity contribution is 9.10. The van der Waals surface area contributed by atoms with Crippen LogP contribution in [0, 0.1) is 0 Å². The van der Waals surface area contributed by atoms with Crippen molar-refractivity contribution in [3.8, 4) is 5.75 Å². The van der Waals surface area contributed by atoms with E-state index in [0.29, 0.717) is 17.3 Å². The minimum absolute atomic E-state index is 0.239. The Morgan fingerprint density at radius 1 is 1.24 bits per heavy atom. The van der Waals surface area contributed by atoms with Crippen molar-refractivity contribution >= 4 is 26.0 Å².